The largest absolute Gasteiger partial charge is 0.444 e. The van der Waals surface area contributed by atoms with Crippen LogP contribution in [0.5, 0.6) is 0 Å². The molecule has 0 bridgehead atoms. The number of hydrogen-bond acceptors (Lipinski definition) is 4. The third kappa shape index (κ3) is 4.62. The van der Waals surface area contributed by atoms with Crippen molar-refractivity contribution in [2.75, 3.05) is 10.2 Å². The van der Waals surface area contributed by atoms with E-state index in [4.69, 9.17) is 9.47 Å². The van der Waals surface area contributed by atoms with Crippen LogP contribution in [0.4, 0.5) is 21.0 Å². The van der Waals surface area contributed by atoms with Crippen LogP contribution in [-0.2, 0) is 14.9 Å². The molecule has 1 N–H and O–H groups in total. The van der Waals surface area contributed by atoms with Crippen molar-refractivity contribution < 1.29 is 19.1 Å². The van der Waals surface area contributed by atoms with Gasteiger partial charge < -0.3 is 9.47 Å². The molecule has 0 unspecified atom stereocenters. The van der Waals surface area contributed by atoms with Crippen molar-refractivity contribution in [3.63, 3.8) is 0 Å². The van der Waals surface area contributed by atoms with Crippen LogP contribution >= 0.6 is 0 Å². The van der Waals surface area contributed by atoms with Gasteiger partial charge in [-0.25, -0.2) is 14.5 Å². The molecule has 1 aliphatic rings. The molecule has 27 heavy (non-hydrogen) atoms. The van der Waals surface area contributed by atoms with E-state index in [1.165, 1.54) is 4.90 Å². The maximum Gasteiger partial charge on any atom is 0.419 e. The second-order valence-electron chi connectivity index (χ2n) is 9.25. The van der Waals surface area contributed by atoms with Crippen molar-refractivity contribution in [2.24, 2.45) is 0 Å². The zero-order valence-electron chi connectivity index (χ0n) is 17.5. The number of benzene rings is 1. The van der Waals surface area contributed by atoms with Gasteiger partial charge in [0, 0.05) is 16.8 Å². The first-order chi connectivity index (χ1) is 12.1. The van der Waals surface area contributed by atoms with Gasteiger partial charge in [0.05, 0.1) is 5.69 Å². The van der Waals surface area contributed by atoms with Gasteiger partial charge in [0.15, 0.2) is 0 Å². The van der Waals surface area contributed by atoms with E-state index >= 15 is 0 Å². The second kappa shape index (κ2) is 6.59. The summed E-state index contributed by atoms with van der Waals surface area (Å²) in [5.74, 6) is 0. The van der Waals surface area contributed by atoms with Crippen LogP contribution in [0.1, 0.15) is 61.0 Å². The molecule has 0 radical (unpaired) electrons. The molecule has 1 heterocycles. The maximum absolute atomic E-state index is 12.7. The van der Waals surface area contributed by atoms with Crippen molar-refractivity contribution in [1.82, 2.24) is 0 Å². The smallest absolute Gasteiger partial charge is 0.419 e. The number of nitrogens with zero attached hydrogens (tertiary/aromatic N) is 1. The summed E-state index contributed by atoms with van der Waals surface area (Å²) in [6, 6.07) is 5.36. The summed E-state index contributed by atoms with van der Waals surface area (Å²) in [6.45, 7) is 19.0. The molecular formula is C21H30N2O4. The molecule has 0 atom stereocenters. The average Bonchev–Trinajstić information content (AvgIpc) is 2.63. The molecule has 1 aromatic carbocycles. The van der Waals surface area contributed by atoms with Gasteiger partial charge >= 0.3 is 12.2 Å². The van der Waals surface area contributed by atoms with E-state index in [1.54, 1.807) is 32.9 Å². The summed E-state index contributed by atoms with van der Waals surface area (Å²) in [5, 5.41) is 2.74. The minimum atomic E-state index is -0.609. The van der Waals surface area contributed by atoms with Crippen LogP contribution in [0.3, 0.4) is 0 Å². The van der Waals surface area contributed by atoms with Crippen LogP contribution in [0, 0.1) is 0 Å². The predicted octanol–water partition coefficient (Wildman–Crippen LogP) is 5.58. The number of carbonyl (C=O) groups excluding carboxylic acids is 2. The molecule has 6 nitrogen and oxygen atoms in total. The quantitative estimate of drug-likeness (QED) is 0.697. The van der Waals surface area contributed by atoms with Gasteiger partial charge in [-0.2, -0.15) is 0 Å². The third-order valence-electron chi connectivity index (χ3n) is 4.12. The molecule has 6 heteroatoms. The molecule has 148 valence electrons. The Bertz CT molecular complexity index is 782. The lowest BCUT2D eigenvalue weighted by Gasteiger charge is -2.27. The van der Waals surface area contributed by atoms with Crippen LogP contribution in [0.25, 0.3) is 0 Å². The van der Waals surface area contributed by atoms with Gasteiger partial charge in [0.2, 0.25) is 0 Å². The minimum absolute atomic E-state index is 0.466. The lowest BCUT2D eigenvalue weighted by Crippen LogP contribution is -2.36. The number of carbonyl (C=O) groups is 2. The van der Waals surface area contributed by atoms with Crippen LogP contribution in [0.15, 0.2) is 30.5 Å². The maximum atomic E-state index is 12.7. The summed E-state index contributed by atoms with van der Waals surface area (Å²) in [5.41, 5.74) is 1.12. The highest BCUT2D eigenvalue weighted by atomic mass is 16.6. The highest BCUT2D eigenvalue weighted by Crippen LogP contribution is 2.48. The zero-order chi connectivity index (χ0) is 20.8. The minimum Gasteiger partial charge on any atom is -0.444 e. The van der Waals surface area contributed by atoms with Crippen molar-refractivity contribution in [1.29, 1.82) is 0 Å². The van der Waals surface area contributed by atoms with Gasteiger partial charge in [0.1, 0.15) is 11.2 Å². The number of amides is 2. The summed E-state index contributed by atoms with van der Waals surface area (Å²) in [7, 11) is 0. The highest BCUT2D eigenvalue weighted by molar-refractivity contribution is 5.97. The SMILES string of the molecule is C=C1N(C(=O)OC(C)(C)C)c2ccc(NC(=O)OC(C)(C)C)cc2C1(C)C. The Morgan fingerprint density at radius 2 is 1.59 bits per heavy atom. The van der Waals surface area contributed by atoms with Gasteiger partial charge in [-0.1, -0.05) is 20.4 Å². The van der Waals surface area contributed by atoms with Crippen molar-refractivity contribution in [3.8, 4) is 0 Å². The fourth-order valence-corrected chi connectivity index (χ4v) is 2.83. The Morgan fingerprint density at radius 1 is 1.04 bits per heavy atom. The summed E-state index contributed by atoms with van der Waals surface area (Å²) >= 11 is 0. The molecule has 0 saturated heterocycles. The number of allylic oxidation sites excluding steroid dienone is 1. The number of hydrogen-bond donors (Lipinski definition) is 1. The van der Waals surface area contributed by atoms with E-state index in [0.717, 1.165) is 5.56 Å². The lowest BCUT2D eigenvalue weighted by molar-refractivity contribution is 0.0589. The molecule has 1 aliphatic heterocycles. The fourth-order valence-electron chi connectivity index (χ4n) is 2.83. The monoisotopic (exact) mass is 374 g/mol. The van der Waals surface area contributed by atoms with Crippen molar-refractivity contribution in [2.45, 2.75) is 72.0 Å². The van der Waals surface area contributed by atoms with E-state index in [1.807, 2.05) is 40.7 Å². The number of fused-ring (bicyclic) bond motifs is 1. The molecule has 1 aromatic rings. The Morgan fingerprint density at radius 3 is 2.11 bits per heavy atom. The van der Waals surface area contributed by atoms with Crippen LogP contribution < -0.4 is 10.2 Å². The third-order valence-corrected chi connectivity index (χ3v) is 4.12. The van der Waals surface area contributed by atoms with Crippen molar-refractivity contribution in [3.05, 3.63) is 36.0 Å². The Labute approximate surface area is 161 Å². The summed E-state index contributed by atoms with van der Waals surface area (Å²) in [6.07, 6.45) is -0.992. The van der Waals surface area contributed by atoms with Gasteiger partial charge in [-0.3, -0.25) is 5.32 Å². The normalized spacial score (nSPS) is 16.0. The summed E-state index contributed by atoms with van der Waals surface area (Å²) in [4.78, 5) is 26.2. The van der Waals surface area contributed by atoms with E-state index in [9.17, 15) is 9.59 Å². The van der Waals surface area contributed by atoms with Gasteiger partial charge in [-0.15, -0.1) is 0 Å². The lowest BCUT2D eigenvalue weighted by atomic mass is 9.84. The Hall–Kier alpha value is -2.50. The zero-order valence-corrected chi connectivity index (χ0v) is 17.5. The van der Waals surface area contributed by atoms with Crippen LogP contribution in [-0.4, -0.2) is 23.4 Å². The van der Waals surface area contributed by atoms with Crippen molar-refractivity contribution >= 4 is 23.6 Å². The first-order valence-corrected chi connectivity index (χ1v) is 8.99. The van der Waals surface area contributed by atoms with E-state index in [-0.39, 0.29) is 0 Å². The second-order valence-corrected chi connectivity index (χ2v) is 9.25. The number of ether oxygens (including phenoxy) is 2. The fraction of sp³-hybridized carbons (Fsp3) is 0.524. The van der Waals surface area contributed by atoms with E-state index in [0.29, 0.717) is 17.1 Å². The number of rotatable bonds is 1. The Balaban J connectivity index is 2.34. The Kier molecular flexibility index (Phi) is 5.08. The molecule has 2 amide bonds. The standard InChI is InChI=1S/C21H30N2O4/c1-13-21(8,9)15-12-14(22-17(24)26-19(2,3)4)10-11-16(15)23(13)18(25)27-20(5,6)7/h10-12H,1H2,2-9H3,(H,22,24). The van der Waals surface area contributed by atoms with E-state index < -0.39 is 28.8 Å². The highest BCUT2D eigenvalue weighted by Gasteiger charge is 2.43. The molecular weight excluding hydrogens is 344 g/mol. The molecule has 0 spiro atoms. The van der Waals surface area contributed by atoms with Gasteiger partial charge in [-0.05, 0) is 65.3 Å². The number of anilines is 2. The summed E-state index contributed by atoms with van der Waals surface area (Å²) < 4.78 is 10.8. The molecule has 2 rings (SSSR count). The topological polar surface area (TPSA) is 67.9 Å². The first kappa shape index (κ1) is 20.8. The molecule has 0 saturated carbocycles. The van der Waals surface area contributed by atoms with Crippen LogP contribution in [0.2, 0.25) is 0 Å². The predicted molar refractivity (Wildman–Crippen MR) is 107 cm³/mol. The molecule has 0 fully saturated rings. The molecule has 0 aromatic heterocycles. The average molecular weight is 374 g/mol. The van der Waals surface area contributed by atoms with E-state index in [2.05, 4.69) is 11.9 Å². The number of nitrogens with one attached hydrogen (secondary N) is 1. The first-order valence-electron chi connectivity index (χ1n) is 8.99. The molecule has 0 aliphatic carbocycles. The van der Waals surface area contributed by atoms with Gasteiger partial charge in [0.25, 0.3) is 0 Å².